The molecule has 30 heavy (non-hydrogen) atoms. The molecule has 7 nitrogen and oxygen atoms in total. The zero-order valence-corrected chi connectivity index (χ0v) is 18.0. The van der Waals surface area contributed by atoms with Crippen molar-refractivity contribution >= 4 is 21.6 Å². The van der Waals surface area contributed by atoms with Gasteiger partial charge in [-0.05, 0) is 50.1 Å². The fourth-order valence-electron chi connectivity index (χ4n) is 3.35. The van der Waals surface area contributed by atoms with E-state index in [0.29, 0.717) is 36.9 Å². The first-order valence-electron chi connectivity index (χ1n) is 10.3. The second kappa shape index (κ2) is 10.4. The first-order valence-corrected chi connectivity index (χ1v) is 11.7. The molecule has 1 fully saturated rings. The van der Waals surface area contributed by atoms with Crippen LogP contribution in [0.3, 0.4) is 0 Å². The third-order valence-electron chi connectivity index (χ3n) is 4.83. The second-order valence-corrected chi connectivity index (χ2v) is 9.00. The summed E-state index contributed by atoms with van der Waals surface area (Å²) in [4.78, 5) is 12.5. The fourth-order valence-corrected chi connectivity index (χ4v) is 4.91. The molecule has 1 heterocycles. The minimum absolute atomic E-state index is 0.185. The Hall–Kier alpha value is -2.58. The lowest BCUT2D eigenvalue weighted by Gasteiger charge is -2.20. The van der Waals surface area contributed by atoms with E-state index in [2.05, 4.69) is 5.32 Å². The molecule has 0 bridgehead atoms. The van der Waals surface area contributed by atoms with E-state index < -0.39 is 10.0 Å². The summed E-state index contributed by atoms with van der Waals surface area (Å²) in [6, 6.07) is 13.5. The van der Waals surface area contributed by atoms with E-state index in [-0.39, 0.29) is 17.4 Å². The third kappa shape index (κ3) is 5.73. The fraction of sp³-hybridized carbons (Fsp3) is 0.409. The van der Waals surface area contributed by atoms with Crippen LogP contribution in [0.4, 0.5) is 5.69 Å². The van der Waals surface area contributed by atoms with Gasteiger partial charge in [-0.1, -0.05) is 31.0 Å². The van der Waals surface area contributed by atoms with Gasteiger partial charge in [0.25, 0.3) is 5.91 Å². The van der Waals surface area contributed by atoms with Crippen molar-refractivity contribution in [3.8, 4) is 11.5 Å². The number of hydrogen-bond donors (Lipinski definition) is 1. The average molecular weight is 433 g/mol. The lowest BCUT2D eigenvalue weighted by atomic mass is 10.2. The number of carbonyl (C=O) groups excluding carboxylic acids is 1. The maximum absolute atomic E-state index is 13.0. The highest BCUT2D eigenvalue weighted by atomic mass is 32.2. The summed E-state index contributed by atoms with van der Waals surface area (Å²) in [6.45, 7) is 3.21. The Labute approximate surface area is 178 Å². The topological polar surface area (TPSA) is 84.9 Å². The highest BCUT2D eigenvalue weighted by Crippen LogP contribution is 2.26. The SMILES string of the molecule is CCOc1ccccc1OCC(=O)Nc1cccc(S(=O)(=O)N2CCCCCC2)c1. The molecule has 8 heteroatoms. The molecule has 162 valence electrons. The maximum Gasteiger partial charge on any atom is 0.262 e. The summed E-state index contributed by atoms with van der Waals surface area (Å²) < 4.78 is 38.5. The number of para-hydroxylation sites is 2. The lowest BCUT2D eigenvalue weighted by molar-refractivity contribution is -0.118. The summed E-state index contributed by atoms with van der Waals surface area (Å²) in [5, 5.41) is 2.70. The predicted octanol–water partition coefficient (Wildman–Crippen LogP) is 3.67. The molecule has 2 aromatic carbocycles. The standard InChI is InChI=1S/C22H28N2O5S/c1-2-28-20-12-5-6-13-21(20)29-17-22(25)23-18-10-9-11-19(16-18)30(26,27)24-14-7-3-4-8-15-24/h5-6,9-13,16H,2-4,7-8,14-15,17H2,1H3,(H,23,25). The van der Waals surface area contributed by atoms with Crippen molar-refractivity contribution in [1.82, 2.24) is 4.31 Å². The number of carbonyl (C=O) groups is 1. The minimum atomic E-state index is -3.58. The zero-order valence-electron chi connectivity index (χ0n) is 17.2. The lowest BCUT2D eigenvalue weighted by Crippen LogP contribution is -2.32. The molecule has 0 aliphatic carbocycles. The number of sulfonamides is 1. The minimum Gasteiger partial charge on any atom is -0.490 e. The molecular weight excluding hydrogens is 404 g/mol. The molecule has 1 N–H and O–H groups in total. The van der Waals surface area contributed by atoms with Crippen molar-refractivity contribution in [3.63, 3.8) is 0 Å². The third-order valence-corrected chi connectivity index (χ3v) is 6.72. The van der Waals surface area contributed by atoms with Crippen molar-refractivity contribution in [2.24, 2.45) is 0 Å². The van der Waals surface area contributed by atoms with Gasteiger partial charge in [0, 0.05) is 18.8 Å². The second-order valence-electron chi connectivity index (χ2n) is 7.06. The molecule has 1 saturated heterocycles. The Morgan fingerprint density at radius 1 is 0.967 bits per heavy atom. The quantitative estimate of drug-likeness (QED) is 0.688. The number of nitrogens with one attached hydrogen (secondary N) is 1. The molecule has 0 unspecified atom stereocenters. The molecule has 1 aliphatic rings. The molecule has 1 amide bonds. The highest BCUT2D eigenvalue weighted by molar-refractivity contribution is 7.89. The predicted molar refractivity (Wildman–Crippen MR) is 115 cm³/mol. The number of ether oxygens (including phenoxy) is 2. The molecular formula is C22H28N2O5S. The van der Waals surface area contributed by atoms with Gasteiger partial charge in [-0.2, -0.15) is 4.31 Å². The van der Waals surface area contributed by atoms with E-state index in [4.69, 9.17) is 9.47 Å². The first kappa shape index (κ1) is 22.1. The molecule has 0 aromatic heterocycles. The Morgan fingerprint density at radius 3 is 2.30 bits per heavy atom. The van der Waals surface area contributed by atoms with Gasteiger partial charge in [0.05, 0.1) is 11.5 Å². The van der Waals surface area contributed by atoms with Gasteiger partial charge in [0.1, 0.15) is 0 Å². The Balaban J connectivity index is 1.64. The summed E-state index contributed by atoms with van der Waals surface area (Å²) in [7, 11) is -3.58. The van der Waals surface area contributed by atoms with Crippen LogP contribution in [0.2, 0.25) is 0 Å². The van der Waals surface area contributed by atoms with Gasteiger partial charge in [-0.3, -0.25) is 4.79 Å². The number of benzene rings is 2. The number of amides is 1. The van der Waals surface area contributed by atoms with Gasteiger partial charge in [0.15, 0.2) is 18.1 Å². The summed E-state index contributed by atoms with van der Waals surface area (Å²) in [5.41, 5.74) is 0.414. The van der Waals surface area contributed by atoms with Crippen LogP contribution in [0.15, 0.2) is 53.4 Å². The van der Waals surface area contributed by atoms with Gasteiger partial charge in [-0.25, -0.2) is 8.42 Å². The van der Waals surface area contributed by atoms with Gasteiger partial charge >= 0.3 is 0 Å². The van der Waals surface area contributed by atoms with Crippen molar-refractivity contribution in [2.45, 2.75) is 37.5 Å². The van der Waals surface area contributed by atoms with Crippen LogP contribution in [-0.2, 0) is 14.8 Å². The van der Waals surface area contributed by atoms with Crippen LogP contribution in [0.1, 0.15) is 32.6 Å². The number of rotatable bonds is 8. The first-order chi connectivity index (χ1) is 14.5. The van der Waals surface area contributed by atoms with Crippen LogP contribution >= 0.6 is 0 Å². The summed E-state index contributed by atoms with van der Waals surface area (Å²) in [6.07, 6.45) is 3.84. The van der Waals surface area contributed by atoms with Crippen molar-refractivity contribution in [2.75, 3.05) is 31.6 Å². The summed E-state index contributed by atoms with van der Waals surface area (Å²) >= 11 is 0. The van der Waals surface area contributed by atoms with E-state index in [1.54, 1.807) is 36.4 Å². The Morgan fingerprint density at radius 2 is 1.63 bits per heavy atom. The van der Waals surface area contributed by atoms with E-state index in [0.717, 1.165) is 25.7 Å². The zero-order chi connectivity index (χ0) is 21.4. The Kier molecular flexibility index (Phi) is 7.70. The average Bonchev–Trinajstić information content (AvgIpc) is 3.04. The van der Waals surface area contributed by atoms with E-state index >= 15 is 0 Å². The van der Waals surface area contributed by atoms with Crippen LogP contribution in [0, 0.1) is 0 Å². The molecule has 3 rings (SSSR count). The molecule has 0 atom stereocenters. The van der Waals surface area contributed by atoms with Gasteiger partial charge in [0.2, 0.25) is 10.0 Å². The number of anilines is 1. The van der Waals surface area contributed by atoms with E-state index in [1.807, 2.05) is 13.0 Å². The van der Waals surface area contributed by atoms with Crippen molar-refractivity contribution in [1.29, 1.82) is 0 Å². The summed E-state index contributed by atoms with van der Waals surface area (Å²) in [5.74, 6) is 0.663. The monoisotopic (exact) mass is 432 g/mol. The van der Waals surface area contributed by atoms with Crippen LogP contribution < -0.4 is 14.8 Å². The Bertz CT molecular complexity index is 954. The van der Waals surface area contributed by atoms with Gasteiger partial charge < -0.3 is 14.8 Å². The highest BCUT2D eigenvalue weighted by Gasteiger charge is 2.25. The molecule has 1 aliphatic heterocycles. The normalized spacial score (nSPS) is 15.2. The maximum atomic E-state index is 13.0. The van der Waals surface area contributed by atoms with E-state index in [1.165, 1.54) is 10.4 Å². The smallest absolute Gasteiger partial charge is 0.262 e. The van der Waals surface area contributed by atoms with Crippen LogP contribution in [0.5, 0.6) is 11.5 Å². The van der Waals surface area contributed by atoms with Gasteiger partial charge in [-0.15, -0.1) is 0 Å². The molecule has 0 radical (unpaired) electrons. The molecule has 2 aromatic rings. The van der Waals surface area contributed by atoms with Crippen molar-refractivity contribution < 1.29 is 22.7 Å². The van der Waals surface area contributed by atoms with Crippen LogP contribution in [0.25, 0.3) is 0 Å². The largest absolute Gasteiger partial charge is 0.490 e. The van der Waals surface area contributed by atoms with Crippen molar-refractivity contribution in [3.05, 3.63) is 48.5 Å². The molecule has 0 spiro atoms. The van der Waals surface area contributed by atoms with E-state index in [9.17, 15) is 13.2 Å². The number of nitrogens with zero attached hydrogens (tertiary/aromatic N) is 1. The number of hydrogen-bond acceptors (Lipinski definition) is 5. The van der Waals surface area contributed by atoms with Crippen LogP contribution in [-0.4, -0.2) is 44.9 Å². The molecule has 0 saturated carbocycles.